The molecule has 0 saturated carbocycles. The first-order chi connectivity index (χ1) is 31.6. The lowest BCUT2D eigenvalue weighted by molar-refractivity contribution is -0.171. The average molecular weight is 918 g/mol. The molecular weight excluding hydrogens is 827 g/mol. The van der Waals surface area contributed by atoms with Gasteiger partial charge in [0.25, 0.3) is 0 Å². The number of ether oxygens (including phenoxy) is 4. The fourth-order valence-corrected chi connectivity index (χ4v) is 9.61. The van der Waals surface area contributed by atoms with E-state index in [1.54, 1.807) is 4.80 Å². The predicted molar refractivity (Wildman–Crippen MR) is 269 cm³/mol. The first-order valence-corrected chi connectivity index (χ1v) is 26.3. The zero-order valence-electron chi connectivity index (χ0n) is 43.3. The summed E-state index contributed by atoms with van der Waals surface area (Å²) in [7, 11) is 0. The molecule has 0 aliphatic carbocycles. The molecule has 1 aromatic heterocycles. The Morgan fingerprint density at radius 3 is 1.91 bits per heavy atom. The zero-order valence-corrected chi connectivity index (χ0v) is 43.3. The summed E-state index contributed by atoms with van der Waals surface area (Å²) in [4.78, 5) is 42.7. The van der Waals surface area contributed by atoms with Crippen LogP contribution >= 0.6 is 0 Å². The van der Waals surface area contributed by atoms with Gasteiger partial charge in [-0.15, -0.1) is 15.0 Å². The maximum Gasteiger partial charge on any atom is 0.310 e. The van der Waals surface area contributed by atoms with E-state index in [0.717, 1.165) is 131 Å². The molecule has 0 fully saturated rings. The Bertz CT molecular complexity index is 1810. The van der Waals surface area contributed by atoms with Gasteiger partial charge < -0.3 is 18.9 Å². The number of unbranched alkanes of at least 4 members (excludes halogenated alkanes) is 7. The van der Waals surface area contributed by atoms with E-state index in [4.69, 9.17) is 18.9 Å². The van der Waals surface area contributed by atoms with Crippen molar-refractivity contribution in [2.75, 3.05) is 13.2 Å². The SMILES string of the molecule is CCCCCC(C)C(CC(CCC)CCCCCCCC(C)OC(=O)C(CCC)C(C(=O)OC(C)C)C(C)(C)CCCC)C(=O)OCCCOc1ccc(C)cc1-n1nc2ccccc2n1. The quantitative estimate of drug-likeness (QED) is 0.0323. The van der Waals surface area contributed by atoms with E-state index in [2.05, 4.69) is 58.7 Å². The molecule has 6 unspecified atom stereocenters. The number of carbonyl (C=O) groups is 3. The van der Waals surface area contributed by atoms with Crippen molar-refractivity contribution < 1.29 is 33.3 Å². The lowest BCUT2D eigenvalue weighted by atomic mass is 9.68. The van der Waals surface area contributed by atoms with Crippen molar-refractivity contribution in [3.8, 4) is 11.4 Å². The molecule has 3 rings (SSSR count). The molecule has 2 aromatic carbocycles. The number of hydrogen-bond acceptors (Lipinski definition) is 9. The van der Waals surface area contributed by atoms with E-state index in [-0.39, 0.29) is 47.4 Å². The van der Waals surface area contributed by atoms with Gasteiger partial charge in [-0.3, -0.25) is 14.4 Å². The summed E-state index contributed by atoms with van der Waals surface area (Å²) in [6.07, 6.45) is 19.5. The zero-order chi connectivity index (χ0) is 48.5. The fraction of sp³-hybridized carbons (Fsp3) is 0.732. The van der Waals surface area contributed by atoms with Crippen LogP contribution < -0.4 is 4.74 Å². The number of nitrogens with zero attached hydrogens (tertiary/aromatic N) is 3. The van der Waals surface area contributed by atoms with Crippen molar-refractivity contribution >= 4 is 28.9 Å². The molecule has 0 N–H and O–H groups in total. The van der Waals surface area contributed by atoms with Crippen LogP contribution in [0.1, 0.15) is 203 Å². The van der Waals surface area contributed by atoms with Crippen molar-refractivity contribution in [3.63, 3.8) is 0 Å². The highest BCUT2D eigenvalue weighted by Gasteiger charge is 2.45. The van der Waals surface area contributed by atoms with Crippen LogP contribution in [0.4, 0.5) is 0 Å². The Morgan fingerprint density at radius 1 is 0.636 bits per heavy atom. The molecule has 10 heteroatoms. The third-order valence-corrected chi connectivity index (χ3v) is 13.4. The monoisotopic (exact) mass is 918 g/mol. The van der Waals surface area contributed by atoms with Gasteiger partial charge in [0.15, 0.2) is 0 Å². The maximum absolute atomic E-state index is 13.8. The molecule has 10 nitrogen and oxygen atoms in total. The summed E-state index contributed by atoms with van der Waals surface area (Å²) in [5, 5.41) is 9.33. The molecular formula is C56H91N3O7. The van der Waals surface area contributed by atoms with Gasteiger partial charge in [-0.1, -0.05) is 150 Å². The third-order valence-electron chi connectivity index (χ3n) is 13.4. The average Bonchev–Trinajstić information content (AvgIpc) is 3.71. The summed E-state index contributed by atoms with van der Waals surface area (Å²) >= 11 is 0. The second kappa shape index (κ2) is 30.4. The Balaban J connectivity index is 1.48. The molecule has 6 atom stereocenters. The summed E-state index contributed by atoms with van der Waals surface area (Å²) < 4.78 is 24.1. The molecule has 0 amide bonds. The van der Waals surface area contributed by atoms with Gasteiger partial charge in [-0.25, -0.2) is 0 Å². The van der Waals surface area contributed by atoms with Crippen LogP contribution in [0, 0.1) is 41.9 Å². The minimum absolute atomic E-state index is 0.0643. The third kappa shape index (κ3) is 19.3. The Labute approximate surface area is 400 Å². The van der Waals surface area contributed by atoms with Gasteiger partial charge in [-0.2, -0.15) is 0 Å². The van der Waals surface area contributed by atoms with Gasteiger partial charge in [0, 0.05) is 6.42 Å². The first-order valence-electron chi connectivity index (χ1n) is 26.3. The molecule has 0 bridgehead atoms. The number of hydrogen-bond donors (Lipinski definition) is 0. The van der Waals surface area contributed by atoms with Crippen molar-refractivity contribution in [3.05, 3.63) is 48.0 Å². The Kier molecular flexibility index (Phi) is 26.0. The number of esters is 3. The predicted octanol–water partition coefficient (Wildman–Crippen LogP) is 14.5. The van der Waals surface area contributed by atoms with E-state index in [1.165, 1.54) is 6.42 Å². The van der Waals surface area contributed by atoms with E-state index >= 15 is 0 Å². The molecule has 0 aliphatic heterocycles. The molecule has 0 radical (unpaired) electrons. The summed E-state index contributed by atoms with van der Waals surface area (Å²) in [6.45, 7) is 23.6. The van der Waals surface area contributed by atoms with E-state index in [0.29, 0.717) is 37.7 Å². The molecule has 3 aromatic rings. The molecule has 372 valence electrons. The topological polar surface area (TPSA) is 119 Å². The van der Waals surface area contributed by atoms with E-state index in [1.807, 2.05) is 70.2 Å². The maximum atomic E-state index is 13.8. The van der Waals surface area contributed by atoms with Crippen LogP contribution in [-0.4, -0.2) is 58.3 Å². The highest BCUT2D eigenvalue weighted by molar-refractivity contribution is 5.83. The number of aromatic nitrogens is 3. The number of aryl methyl sites for hydroxylation is 1. The van der Waals surface area contributed by atoms with Crippen LogP contribution in [0.5, 0.6) is 5.75 Å². The van der Waals surface area contributed by atoms with Gasteiger partial charge in [-0.05, 0) is 113 Å². The highest BCUT2D eigenvalue weighted by atomic mass is 16.6. The van der Waals surface area contributed by atoms with Crippen molar-refractivity contribution in [1.29, 1.82) is 0 Å². The van der Waals surface area contributed by atoms with Crippen LogP contribution in [0.2, 0.25) is 0 Å². The lowest BCUT2D eigenvalue weighted by Crippen LogP contribution is -2.43. The minimum atomic E-state index is -0.536. The fourth-order valence-electron chi connectivity index (χ4n) is 9.61. The molecule has 1 heterocycles. The Hall–Kier alpha value is -3.95. The van der Waals surface area contributed by atoms with Crippen LogP contribution in [0.25, 0.3) is 16.7 Å². The largest absolute Gasteiger partial charge is 0.491 e. The first kappa shape index (κ1) is 56.4. The second-order valence-electron chi connectivity index (χ2n) is 20.3. The minimum Gasteiger partial charge on any atom is -0.491 e. The second-order valence-corrected chi connectivity index (χ2v) is 20.3. The van der Waals surface area contributed by atoms with E-state index < -0.39 is 11.8 Å². The number of fused-ring (bicyclic) bond motifs is 1. The Morgan fingerprint density at radius 2 is 1.27 bits per heavy atom. The van der Waals surface area contributed by atoms with Crippen molar-refractivity contribution in [2.24, 2.45) is 35.0 Å². The molecule has 0 spiro atoms. The molecule has 66 heavy (non-hydrogen) atoms. The van der Waals surface area contributed by atoms with Crippen LogP contribution in [0.15, 0.2) is 42.5 Å². The molecule has 0 saturated heterocycles. The normalized spacial score (nSPS) is 14.7. The van der Waals surface area contributed by atoms with Crippen molar-refractivity contribution in [1.82, 2.24) is 15.0 Å². The van der Waals surface area contributed by atoms with Crippen LogP contribution in [0.3, 0.4) is 0 Å². The van der Waals surface area contributed by atoms with Gasteiger partial charge in [0.2, 0.25) is 0 Å². The number of benzene rings is 2. The summed E-state index contributed by atoms with van der Waals surface area (Å²) in [5.41, 5.74) is 3.15. The smallest absolute Gasteiger partial charge is 0.310 e. The standard InChI is InChI=1S/C56H91N3O7/c1-12-16-21-29-43(8)47(53(60)64-38-26-37-63-51-35-34-42(7)39-50(51)59-57-48-32-24-25-33-49(48)58-59)40-45(27-14-3)31-23-20-18-19-22-30-44(9)66-54(61)46(28-15-4)52(55(62)65-41(5)6)56(10,11)36-17-13-2/h24-25,32-35,39,41,43-47,52H,12-23,26-31,36-38,40H2,1-11H3. The number of carbonyl (C=O) groups excluding carboxylic acids is 3. The van der Waals surface area contributed by atoms with E-state index in [9.17, 15) is 14.4 Å². The lowest BCUT2D eigenvalue weighted by Gasteiger charge is -2.37. The highest BCUT2D eigenvalue weighted by Crippen LogP contribution is 2.41. The van der Waals surface area contributed by atoms with Gasteiger partial charge >= 0.3 is 17.9 Å². The van der Waals surface area contributed by atoms with Gasteiger partial charge in [0.1, 0.15) is 22.5 Å². The van der Waals surface area contributed by atoms with Crippen LogP contribution in [-0.2, 0) is 28.6 Å². The number of rotatable bonds is 35. The van der Waals surface area contributed by atoms with Gasteiger partial charge in [0.05, 0.1) is 43.2 Å². The summed E-state index contributed by atoms with van der Waals surface area (Å²) in [5.74, 6) is -0.310. The van der Waals surface area contributed by atoms with Crippen molar-refractivity contribution in [2.45, 2.75) is 217 Å². The summed E-state index contributed by atoms with van der Waals surface area (Å²) in [6, 6.07) is 13.8. The molecule has 0 aliphatic rings.